The lowest BCUT2D eigenvalue weighted by molar-refractivity contribution is 0.0937. The van der Waals surface area contributed by atoms with Gasteiger partial charge in [-0.15, -0.1) is 0 Å². The molecule has 0 atom stereocenters. The Bertz CT molecular complexity index is 697. The summed E-state index contributed by atoms with van der Waals surface area (Å²) in [6, 6.07) is 1.97. The quantitative estimate of drug-likeness (QED) is 0.930. The van der Waals surface area contributed by atoms with E-state index in [1.807, 2.05) is 12.3 Å². The van der Waals surface area contributed by atoms with Gasteiger partial charge in [-0.2, -0.15) is 5.10 Å². The second-order valence-electron chi connectivity index (χ2n) is 6.32. The molecule has 2 fully saturated rings. The number of aromatic nitrogens is 3. The van der Waals surface area contributed by atoms with Crippen LogP contribution in [0.5, 0.6) is 0 Å². The number of hydrogen-bond donors (Lipinski definition) is 1. The van der Waals surface area contributed by atoms with Crippen LogP contribution in [0.3, 0.4) is 0 Å². The third-order valence-corrected chi connectivity index (χ3v) is 4.44. The minimum Gasteiger partial charge on any atom is -0.357 e. The highest BCUT2D eigenvalue weighted by Crippen LogP contribution is 2.34. The third kappa shape index (κ3) is 2.24. The van der Waals surface area contributed by atoms with E-state index in [2.05, 4.69) is 27.2 Å². The van der Waals surface area contributed by atoms with E-state index in [1.165, 1.54) is 12.8 Å². The first kappa shape index (κ1) is 12.6. The summed E-state index contributed by atoms with van der Waals surface area (Å²) in [4.78, 5) is 19.3. The first-order valence-electron chi connectivity index (χ1n) is 7.57. The van der Waals surface area contributed by atoms with Crippen LogP contribution in [-0.4, -0.2) is 39.1 Å². The topological polar surface area (TPSA) is 62.5 Å². The smallest absolute Gasteiger partial charge is 0.257 e. The average molecular weight is 285 g/mol. The molecule has 110 valence electrons. The van der Waals surface area contributed by atoms with E-state index in [9.17, 15) is 4.79 Å². The average Bonchev–Trinajstić information content (AvgIpc) is 2.95. The van der Waals surface area contributed by atoms with Gasteiger partial charge in [0.05, 0.1) is 6.20 Å². The molecular weight excluding hydrogens is 266 g/mol. The van der Waals surface area contributed by atoms with E-state index >= 15 is 0 Å². The zero-order valence-electron chi connectivity index (χ0n) is 12.2. The van der Waals surface area contributed by atoms with Crippen molar-refractivity contribution in [3.05, 3.63) is 24.0 Å². The molecule has 0 radical (unpaired) electrons. The summed E-state index contributed by atoms with van der Waals surface area (Å²) in [6.45, 7) is 4.15. The van der Waals surface area contributed by atoms with E-state index in [-0.39, 0.29) is 11.4 Å². The van der Waals surface area contributed by atoms with Gasteiger partial charge in [0, 0.05) is 24.8 Å². The molecule has 1 amide bonds. The standard InChI is InChI=1S/C15H19N5O/c1-15(5-6-15)18-14(21)11-10-16-20-9-4-12(17-13(11)20)19-7-2-3-8-19/h4,9-10H,2-3,5-8H2,1H3,(H,18,21). The summed E-state index contributed by atoms with van der Waals surface area (Å²) in [5, 5.41) is 7.30. The minimum atomic E-state index is -0.0731. The Morgan fingerprint density at radius 3 is 2.81 bits per heavy atom. The lowest BCUT2D eigenvalue weighted by Crippen LogP contribution is -2.34. The molecule has 3 heterocycles. The van der Waals surface area contributed by atoms with Crippen molar-refractivity contribution < 1.29 is 4.79 Å². The molecule has 2 aromatic rings. The van der Waals surface area contributed by atoms with Gasteiger partial charge in [-0.05, 0) is 38.7 Å². The number of carbonyl (C=O) groups excluding carboxylic acids is 1. The molecule has 1 aliphatic heterocycles. The van der Waals surface area contributed by atoms with E-state index in [1.54, 1.807) is 10.7 Å². The predicted octanol–water partition coefficient (Wildman–Crippen LogP) is 1.61. The fourth-order valence-electron chi connectivity index (χ4n) is 2.80. The number of anilines is 1. The van der Waals surface area contributed by atoms with Crippen LogP contribution < -0.4 is 10.2 Å². The largest absolute Gasteiger partial charge is 0.357 e. The zero-order valence-corrected chi connectivity index (χ0v) is 12.2. The van der Waals surface area contributed by atoms with Gasteiger partial charge in [-0.25, -0.2) is 9.50 Å². The zero-order chi connectivity index (χ0) is 14.4. The molecule has 0 aromatic carbocycles. The van der Waals surface area contributed by atoms with Crippen molar-refractivity contribution >= 4 is 17.4 Å². The predicted molar refractivity (Wildman–Crippen MR) is 79.5 cm³/mol. The van der Waals surface area contributed by atoms with Gasteiger partial charge >= 0.3 is 0 Å². The molecule has 0 spiro atoms. The number of nitrogens with zero attached hydrogens (tertiary/aromatic N) is 4. The third-order valence-electron chi connectivity index (χ3n) is 4.44. The van der Waals surface area contributed by atoms with E-state index in [0.717, 1.165) is 31.7 Å². The molecule has 2 aromatic heterocycles. The molecule has 21 heavy (non-hydrogen) atoms. The maximum Gasteiger partial charge on any atom is 0.257 e. The molecule has 1 saturated carbocycles. The molecule has 0 unspecified atom stereocenters. The van der Waals surface area contributed by atoms with Crippen LogP contribution in [0.2, 0.25) is 0 Å². The van der Waals surface area contributed by atoms with Crippen LogP contribution in [0.25, 0.3) is 5.65 Å². The molecule has 2 aliphatic rings. The summed E-state index contributed by atoms with van der Waals surface area (Å²) < 4.78 is 1.67. The van der Waals surface area contributed by atoms with Crippen LogP contribution in [0, 0.1) is 0 Å². The van der Waals surface area contributed by atoms with E-state index < -0.39 is 0 Å². The summed E-state index contributed by atoms with van der Waals surface area (Å²) in [7, 11) is 0. The number of nitrogens with one attached hydrogen (secondary N) is 1. The van der Waals surface area contributed by atoms with E-state index in [0.29, 0.717) is 11.2 Å². The fourth-order valence-corrected chi connectivity index (χ4v) is 2.80. The van der Waals surface area contributed by atoms with Crippen molar-refractivity contribution in [2.75, 3.05) is 18.0 Å². The van der Waals surface area contributed by atoms with Gasteiger partial charge in [-0.3, -0.25) is 4.79 Å². The van der Waals surface area contributed by atoms with Crippen LogP contribution in [0.1, 0.15) is 43.0 Å². The summed E-state index contributed by atoms with van der Waals surface area (Å²) in [5.41, 5.74) is 1.17. The van der Waals surface area contributed by atoms with Crippen molar-refractivity contribution in [2.45, 2.75) is 38.1 Å². The van der Waals surface area contributed by atoms with Gasteiger partial charge in [0.2, 0.25) is 0 Å². The van der Waals surface area contributed by atoms with E-state index in [4.69, 9.17) is 0 Å². The number of rotatable bonds is 3. The second-order valence-corrected chi connectivity index (χ2v) is 6.32. The Balaban J connectivity index is 1.68. The van der Waals surface area contributed by atoms with Crippen molar-refractivity contribution in [1.29, 1.82) is 0 Å². The first-order chi connectivity index (χ1) is 10.1. The van der Waals surface area contributed by atoms with Crippen LogP contribution >= 0.6 is 0 Å². The van der Waals surface area contributed by atoms with Crippen molar-refractivity contribution in [2.24, 2.45) is 0 Å². The molecule has 6 heteroatoms. The Morgan fingerprint density at radius 1 is 1.33 bits per heavy atom. The van der Waals surface area contributed by atoms with Gasteiger partial charge in [0.15, 0.2) is 5.65 Å². The SMILES string of the molecule is CC1(NC(=O)c2cnn3ccc(N4CCCC4)nc23)CC1. The molecule has 4 rings (SSSR count). The molecule has 0 bridgehead atoms. The van der Waals surface area contributed by atoms with Crippen molar-refractivity contribution in [1.82, 2.24) is 19.9 Å². The Kier molecular flexibility index (Phi) is 2.67. The highest BCUT2D eigenvalue weighted by molar-refractivity contribution is 6.00. The van der Waals surface area contributed by atoms with Crippen LogP contribution in [-0.2, 0) is 0 Å². The molecular formula is C15H19N5O. The summed E-state index contributed by atoms with van der Waals surface area (Å²) in [6.07, 6.45) is 7.99. The Hall–Kier alpha value is -2.11. The number of fused-ring (bicyclic) bond motifs is 1. The summed E-state index contributed by atoms with van der Waals surface area (Å²) in [5.74, 6) is 0.864. The Morgan fingerprint density at radius 2 is 2.10 bits per heavy atom. The van der Waals surface area contributed by atoms with Gasteiger partial charge < -0.3 is 10.2 Å². The fraction of sp³-hybridized carbons (Fsp3) is 0.533. The van der Waals surface area contributed by atoms with Gasteiger partial charge in [0.25, 0.3) is 5.91 Å². The number of amides is 1. The normalized spacial score (nSPS) is 20.0. The molecule has 1 N–H and O–H groups in total. The lowest BCUT2D eigenvalue weighted by atomic mass is 10.2. The second kappa shape index (κ2) is 4.44. The maximum absolute atomic E-state index is 12.4. The first-order valence-corrected chi connectivity index (χ1v) is 7.57. The lowest BCUT2D eigenvalue weighted by Gasteiger charge is -2.16. The highest BCUT2D eigenvalue weighted by atomic mass is 16.1. The van der Waals surface area contributed by atoms with Crippen LogP contribution in [0.15, 0.2) is 18.5 Å². The maximum atomic E-state index is 12.4. The summed E-state index contributed by atoms with van der Waals surface area (Å²) >= 11 is 0. The number of hydrogen-bond acceptors (Lipinski definition) is 4. The Labute approximate surface area is 123 Å². The molecule has 1 saturated heterocycles. The van der Waals surface area contributed by atoms with Crippen molar-refractivity contribution in [3.63, 3.8) is 0 Å². The minimum absolute atomic E-state index is 0.0299. The van der Waals surface area contributed by atoms with Gasteiger partial charge in [0.1, 0.15) is 11.4 Å². The highest BCUT2D eigenvalue weighted by Gasteiger charge is 2.39. The van der Waals surface area contributed by atoms with Crippen molar-refractivity contribution in [3.8, 4) is 0 Å². The van der Waals surface area contributed by atoms with Crippen LogP contribution in [0.4, 0.5) is 5.82 Å². The number of carbonyl (C=O) groups is 1. The van der Waals surface area contributed by atoms with Gasteiger partial charge in [-0.1, -0.05) is 0 Å². The monoisotopic (exact) mass is 285 g/mol. The molecule has 1 aliphatic carbocycles. The molecule has 6 nitrogen and oxygen atoms in total.